The van der Waals surface area contributed by atoms with E-state index in [1.54, 1.807) is 0 Å². The average Bonchev–Trinajstić information content (AvgIpc) is 2.84. The number of hydrogen-bond donors (Lipinski definition) is 1. The molecule has 2 rings (SSSR count). The van der Waals surface area contributed by atoms with Crippen LogP contribution in [0.4, 0.5) is 0 Å². The summed E-state index contributed by atoms with van der Waals surface area (Å²) >= 11 is 8.75. The number of nitrogens with one attached hydrogen (secondary N) is 1. The summed E-state index contributed by atoms with van der Waals surface area (Å²) in [6.45, 7) is 0.815. The van der Waals surface area contributed by atoms with Crippen LogP contribution in [0.5, 0.6) is 0 Å². The van der Waals surface area contributed by atoms with Crippen LogP contribution in [-0.2, 0) is 6.54 Å². The van der Waals surface area contributed by atoms with E-state index in [2.05, 4.69) is 43.4 Å². The molecular formula is C11H15Br2NOS. The SMILES string of the molecule is CSC1CCC(NCc2cc(Br)c(Br)o2)C1. The van der Waals surface area contributed by atoms with Gasteiger partial charge in [-0.05, 0) is 63.4 Å². The van der Waals surface area contributed by atoms with Crippen molar-refractivity contribution < 1.29 is 4.42 Å². The predicted molar refractivity (Wildman–Crippen MR) is 75.9 cm³/mol. The maximum atomic E-state index is 5.53. The lowest BCUT2D eigenvalue weighted by molar-refractivity contribution is 0.435. The maximum Gasteiger partial charge on any atom is 0.183 e. The number of hydrogen-bond acceptors (Lipinski definition) is 3. The zero-order valence-corrected chi connectivity index (χ0v) is 13.1. The van der Waals surface area contributed by atoms with Crippen LogP contribution in [0.15, 0.2) is 19.6 Å². The number of furan rings is 1. The van der Waals surface area contributed by atoms with E-state index in [0.717, 1.165) is 26.7 Å². The third-order valence-electron chi connectivity index (χ3n) is 2.98. The number of halogens is 2. The third kappa shape index (κ3) is 3.28. The van der Waals surface area contributed by atoms with Crippen molar-refractivity contribution in [3.05, 3.63) is 21.0 Å². The van der Waals surface area contributed by atoms with Crippen molar-refractivity contribution >= 4 is 43.6 Å². The van der Waals surface area contributed by atoms with E-state index in [0.29, 0.717) is 6.04 Å². The standard InChI is InChI=1S/C11H15Br2NOS/c1-16-9-3-2-7(4-9)14-6-8-5-10(12)11(13)15-8/h5,7,9,14H,2-4,6H2,1H3. The van der Waals surface area contributed by atoms with Gasteiger partial charge >= 0.3 is 0 Å². The lowest BCUT2D eigenvalue weighted by Crippen LogP contribution is -2.25. The van der Waals surface area contributed by atoms with Crippen LogP contribution < -0.4 is 5.32 Å². The van der Waals surface area contributed by atoms with Crippen molar-refractivity contribution in [1.82, 2.24) is 5.32 Å². The summed E-state index contributed by atoms with van der Waals surface area (Å²) in [4.78, 5) is 0. The van der Waals surface area contributed by atoms with E-state index in [4.69, 9.17) is 4.42 Å². The maximum absolute atomic E-state index is 5.53. The monoisotopic (exact) mass is 367 g/mol. The molecule has 0 aliphatic heterocycles. The zero-order valence-electron chi connectivity index (χ0n) is 9.13. The van der Waals surface area contributed by atoms with Crippen molar-refractivity contribution in [2.24, 2.45) is 0 Å². The van der Waals surface area contributed by atoms with Gasteiger partial charge in [0, 0.05) is 11.3 Å². The van der Waals surface area contributed by atoms with E-state index in [9.17, 15) is 0 Å². The Balaban J connectivity index is 1.79. The largest absolute Gasteiger partial charge is 0.452 e. The quantitative estimate of drug-likeness (QED) is 0.862. The Labute approximate surface area is 117 Å². The zero-order chi connectivity index (χ0) is 11.5. The summed E-state index contributed by atoms with van der Waals surface area (Å²) in [6, 6.07) is 2.66. The normalized spacial score (nSPS) is 25.2. The first-order valence-electron chi connectivity index (χ1n) is 5.39. The fourth-order valence-electron chi connectivity index (χ4n) is 2.06. The number of thioether (sulfide) groups is 1. The molecule has 5 heteroatoms. The molecule has 1 saturated carbocycles. The van der Waals surface area contributed by atoms with Crippen LogP contribution >= 0.6 is 43.6 Å². The molecule has 1 aromatic heterocycles. The van der Waals surface area contributed by atoms with Crippen molar-refractivity contribution in [3.63, 3.8) is 0 Å². The molecule has 0 aromatic carbocycles. The van der Waals surface area contributed by atoms with Gasteiger partial charge in [-0.2, -0.15) is 11.8 Å². The van der Waals surface area contributed by atoms with Gasteiger partial charge in [0.05, 0.1) is 11.0 Å². The summed E-state index contributed by atoms with van der Waals surface area (Å²) in [7, 11) is 0. The minimum absolute atomic E-state index is 0.653. The Morgan fingerprint density at radius 1 is 1.50 bits per heavy atom. The molecule has 0 saturated heterocycles. The molecule has 2 atom stereocenters. The second-order valence-electron chi connectivity index (χ2n) is 4.08. The van der Waals surface area contributed by atoms with Crippen LogP contribution in [0.1, 0.15) is 25.0 Å². The summed E-state index contributed by atoms with van der Waals surface area (Å²) in [6.07, 6.45) is 6.11. The second-order valence-corrected chi connectivity index (χ2v) is 6.80. The lowest BCUT2D eigenvalue weighted by atomic mass is 10.2. The Morgan fingerprint density at radius 3 is 2.88 bits per heavy atom. The predicted octanol–water partition coefficient (Wildman–Crippen LogP) is 4.18. The molecular weight excluding hydrogens is 354 g/mol. The topological polar surface area (TPSA) is 25.2 Å². The summed E-state index contributed by atoms with van der Waals surface area (Å²) < 4.78 is 7.29. The van der Waals surface area contributed by atoms with Gasteiger partial charge in [-0.3, -0.25) is 0 Å². The van der Waals surface area contributed by atoms with Crippen LogP contribution in [-0.4, -0.2) is 17.5 Å². The van der Waals surface area contributed by atoms with Gasteiger partial charge in [0.1, 0.15) is 5.76 Å². The van der Waals surface area contributed by atoms with E-state index in [1.165, 1.54) is 19.3 Å². The Morgan fingerprint density at radius 2 is 2.31 bits per heavy atom. The van der Waals surface area contributed by atoms with Crippen LogP contribution in [0, 0.1) is 0 Å². The number of rotatable bonds is 4. The molecule has 1 aromatic rings. The molecule has 1 N–H and O–H groups in total. The lowest BCUT2D eigenvalue weighted by Gasteiger charge is -2.11. The van der Waals surface area contributed by atoms with Crippen LogP contribution in [0.25, 0.3) is 0 Å². The Hall–Kier alpha value is 0.550. The van der Waals surface area contributed by atoms with E-state index in [-0.39, 0.29) is 0 Å². The molecule has 1 fully saturated rings. The van der Waals surface area contributed by atoms with E-state index < -0.39 is 0 Å². The highest BCUT2D eigenvalue weighted by molar-refractivity contribution is 9.13. The Kier molecular flexibility index (Phi) is 4.82. The van der Waals surface area contributed by atoms with Crippen molar-refractivity contribution in [2.45, 2.75) is 37.1 Å². The van der Waals surface area contributed by atoms with E-state index in [1.807, 2.05) is 17.8 Å². The molecule has 0 bridgehead atoms. The first-order valence-corrected chi connectivity index (χ1v) is 8.26. The van der Waals surface area contributed by atoms with Crippen LogP contribution in [0.3, 0.4) is 0 Å². The van der Waals surface area contributed by atoms with Gasteiger partial charge < -0.3 is 9.73 Å². The molecule has 1 aliphatic carbocycles. The molecule has 0 amide bonds. The third-order valence-corrected chi connectivity index (χ3v) is 5.78. The van der Waals surface area contributed by atoms with Crippen molar-refractivity contribution in [2.75, 3.05) is 6.26 Å². The molecule has 16 heavy (non-hydrogen) atoms. The minimum atomic E-state index is 0.653. The fraction of sp³-hybridized carbons (Fsp3) is 0.636. The van der Waals surface area contributed by atoms with E-state index >= 15 is 0 Å². The highest BCUT2D eigenvalue weighted by Crippen LogP contribution is 2.29. The molecule has 2 unspecified atom stereocenters. The van der Waals surface area contributed by atoms with Gasteiger partial charge in [0.2, 0.25) is 0 Å². The summed E-state index contributed by atoms with van der Waals surface area (Å²) in [5.41, 5.74) is 0. The first-order chi connectivity index (χ1) is 7.69. The van der Waals surface area contributed by atoms with Crippen molar-refractivity contribution in [1.29, 1.82) is 0 Å². The molecule has 2 nitrogen and oxygen atoms in total. The molecule has 0 radical (unpaired) electrons. The molecule has 90 valence electrons. The van der Waals surface area contributed by atoms with Gasteiger partial charge in [0.25, 0.3) is 0 Å². The minimum Gasteiger partial charge on any atom is -0.452 e. The summed E-state index contributed by atoms with van der Waals surface area (Å²) in [5.74, 6) is 0.978. The summed E-state index contributed by atoms with van der Waals surface area (Å²) in [5, 5.41) is 4.39. The van der Waals surface area contributed by atoms with Gasteiger partial charge in [0.15, 0.2) is 4.67 Å². The van der Waals surface area contributed by atoms with Gasteiger partial charge in [-0.15, -0.1) is 0 Å². The average molecular weight is 369 g/mol. The van der Waals surface area contributed by atoms with Gasteiger partial charge in [-0.1, -0.05) is 0 Å². The van der Waals surface area contributed by atoms with Crippen LogP contribution in [0.2, 0.25) is 0 Å². The second kappa shape index (κ2) is 5.94. The first kappa shape index (κ1) is 13.0. The fourth-order valence-corrected chi connectivity index (χ4v) is 3.52. The van der Waals surface area contributed by atoms with Gasteiger partial charge in [-0.25, -0.2) is 0 Å². The van der Waals surface area contributed by atoms with Crippen molar-refractivity contribution in [3.8, 4) is 0 Å². The molecule has 1 heterocycles. The highest BCUT2D eigenvalue weighted by atomic mass is 79.9. The Bertz CT molecular complexity index is 336. The molecule has 1 aliphatic rings. The molecule has 0 spiro atoms. The smallest absolute Gasteiger partial charge is 0.183 e. The highest BCUT2D eigenvalue weighted by Gasteiger charge is 2.23.